The van der Waals surface area contributed by atoms with Crippen molar-refractivity contribution in [1.82, 2.24) is 10.2 Å². The van der Waals surface area contributed by atoms with Crippen molar-refractivity contribution in [2.75, 3.05) is 18.4 Å². The summed E-state index contributed by atoms with van der Waals surface area (Å²) in [5, 5.41) is 5.99. The molecule has 1 heterocycles. The van der Waals surface area contributed by atoms with E-state index in [4.69, 9.17) is 12.2 Å². The van der Waals surface area contributed by atoms with Gasteiger partial charge in [0.25, 0.3) is 5.91 Å². The van der Waals surface area contributed by atoms with Gasteiger partial charge in [-0.15, -0.1) is 0 Å². The van der Waals surface area contributed by atoms with Crippen LogP contribution in [0.25, 0.3) is 0 Å². The highest BCUT2D eigenvalue weighted by atomic mass is 32.1. The largest absolute Gasteiger partial charge is 0.339 e. The Morgan fingerprint density at radius 3 is 2.29 bits per heavy atom. The molecule has 1 aliphatic rings. The monoisotopic (exact) mass is 437 g/mol. The van der Waals surface area contributed by atoms with Gasteiger partial charge in [-0.2, -0.15) is 0 Å². The van der Waals surface area contributed by atoms with Gasteiger partial charge < -0.3 is 15.5 Å². The zero-order chi connectivity index (χ0) is 22.4. The number of anilines is 1. The van der Waals surface area contributed by atoms with Crippen LogP contribution in [0.2, 0.25) is 0 Å². The normalized spacial score (nSPS) is 14.4. The summed E-state index contributed by atoms with van der Waals surface area (Å²) in [6.45, 7) is 7.80. The van der Waals surface area contributed by atoms with E-state index in [0.717, 1.165) is 37.9 Å². The van der Waals surface area contributed by atoms with E-state index >= 15 is 0 Å². The predicted molar refractivity (Wildman–Crippen MR) is 129 cm³/mol. The van der Waals surface area contributed by atoms with E-state index in [-0.39, 0.29) is 22.8 Å². The van der Waals surface area contributed by atoms with E-state index in [0.29, 0.717) is 17.2 Å². The fraction of sp³-hybridized carbons (Fsp3) is 0.400. The standard InChI is InChI=1S/C25H31N3O2S/c1-17(2)16-19-10-12-20(13-11-19)18(3)23(29)27-25(31)26-22-9-5-4-8-21(22)24(30)28-14-6-7-15-28/h4-5,8-13,17-18H,6-7,14-16H2,1-3H3,(H2,26,27,29,31). The van der Waals surface area contributed by atoms with E-state index in [1.54, 1.807) is 12.1 Å². The molecular weight excluding hydrogens is 406 g/mol. The summed E-state index contributed by atoms with van der Waals surface area (Å²) in [6.07, 6.45) is 3.09. The summed E-state index contributed by atoms with van der Waals surface area (Å²) >= 11 is 5.36. The van der Waals surface area contributed by atoms with Crippen LogP contribution >= 0.6 is 12.2 Å². The Hall–Kier alpha value is -2.73. The molecule has 2 aromatic rings. The Labute approximate surface area is 190 Å². The Kier molecular flexibility index (Phi) is 7.80. The number of thiocarbonyl (C=S) groups is 1. The lowest BCUT2D eigenvalue weighted by molar-refractivity contribution is -0.120. The smallest absolute Gasteiger partial charge is 0.255 e. The van der Waals surface area contributed by atoms with Gasteiger partial charge in [-0.05, 0) is 67.6 Å². The average molecular weight is 438 g/mol. The van der Waals surface area contributed by atoms with Crippen LogP contribution < -0.4 is 10.6 Å². The summed E-state index contributed by atoms with van der Waals surface area (Å²) in [7, 11) is 0. The van der Waals surface area contributed by atoms with Gasteiger partial charge in [-0.1, -0.05) is 50.2 Å². The predicted octanol–water partition coefficient (Wildman–Crippen LogP) is 4.74. The van der Waals surface area contributed by atoms with Crippen molar-refractivity contribution >= 4 is 34.8 Å². The average Bonchev–Trinajstić information content (AvgIpc) is 3.28. The number of hydrogen-bond acceptors (Lipinski definition) is 3. The fourth-order valence-corrected chi connectivity index (χ4v) is 4.02. The molecule has 31 heavy (non-hydrogen) atoms. The van der Waals surface area contributed by atoms with Gasteiger partial charge in [-0.25, -0.2) is 0 Å². The van der Waals surface area contributed by atoms with Crippen molar-refractivity contribution in [2.45, 2.75) is 46.0 Å². The van der Waals surface area contributed by atoms with Crippen LogP contribution in [0.3, 0.4) is 0 Å². The highest BCUT2D eigenvalue weighted by Crippen LogP contribution is 2.21. The zero-order valence-electron chi connectivity index (χ0n) is 18.5. The first-order valence-electron chi connectivity index (χ1n) is 10.9. The second-order valence-corrected chi connectivity index (χ2v) is 8.96. The second-order valence-electron chi connectivity index (χ2n) is 8.55. The molecule has 0 saturated carbocycles. The number of carbonyl (C=O) groups excluding carboxylic acids is 2. The third kappa shape index (κ3) is 6.14. The molecule has 1 aliphatic heterocycles. The second kappa shape index (κ2) is 10.5. The van der Waals surface area contributed by atoms with Crippen molar-refractivity contribution in [3.05, 3.63) is 65.2 Å². The Morgan fingerprint density at radius 2 is 1.65 bits per heavy atom. The van der Waals surface area contributed by atoms with Crippen molar-refractivity contribution in [2.24, 2.45) is 5.92 Å². The molecule has 0 radical (unpaired) electrons. The summed E-state index contributed by atoms with van der Waals surface area (Å²) in [6, 6.07) is 15.4. The quantitative estimate of drug-likeness (QED) is 0.641. The van der Waals surface area contributed by atoms with Crippen LogP contribution in [0, 0.1) is 5.92 Å². The molecule has 1 unspecified atom stereocenters. The number of nitrogens with zero attached hydrogens (tertiary/aromatic N) is 1. The van der Waals surface area contributed by atoms with E-state index in [1.165, 1.54) is 5.56 Å². The van der Waals surface area contributed by atoms with Crippen molar-refractivity contribution in [3.63, 3.8) is 0 Å². The van der Waals surface area contributed by atoms with Gasteiger partial charge in [0.05, 0.1) is 17.2 Å². The number of para-hydroxylation sites is 1. The van der Waals surface area contributed by atoms with Crippen molar-refractivity contribution in [1.29, 1.82) is 0 Å². The molecular formula is C25H31N3O2S. The van der Waals surface area contributed by atoms with E-state index < -0.39 is 0 Å². The number of benzene rings is 2. The number of nitrogens with one attached hydrogen (secondary N) is 2. The Morgan fingerprint density at radius 1 is 1.00 bits per heavy atom. The number of carbonyl (C=O) groups is 2. The molecule has 5 nitrogen and oxygen atoms in total. The molecule has 164 valence electrons. The molecule has 0 bridgehead atoms. The lowest BCUT2D eigenvalue weighted by atomic mass is 9.96. The Balaban J connectivity index is 1.61. The number of amides is 2. The molecule has 6 heteroatoms. The van der Waals surface area contributed by atoms with Gasteiger partial charge in [0.15, 0.2) is 5.11 Å². The number of rotatable bonds is 6. The molecule has 1 atom stereocenters. The van der Waals surface area contributed by atoms with Crippen molar-refractivity contribution in [3.8, 4) is 0 Å². The van der Waals surface area contributed by atoms with Crippen LogP contribution in [0.4, 0.5) is 5.69 Å². The SMILES string of the molecule is CC(C)Cc1ccc(C(C)C(=O)NC(=S)Nc2ccccc2C(=O)N2CCCC2)cc1. The molecule has 2 aromatic carbocycles. The Bertz CT molecular complexity index is 934. The van der Waals surface area contributed by atoms with Gasteiger partial charge in [0.2, 0.25) is 5.91 Å². The maximum absolute atomic E-state index is 12.8. The van der Waals surface area contributed by atoms with E-state index in [1.807, 2.05) is 36.1 Å². The lowest BCUT2D eigenvalue weighted by Gasteiger charge is -2.19. The van der Waals surface area contributed by atoms with Gasteiger partial charge in [-0.3, -0.25) is 9.59 Å². The van der Waals surface area contributed by atoms with E-state index in [9.17, 15) is 9.59 Å². The number of likely N-dealkylation sites (tertiary alicyclic amines) is 1. The molecule has 0 aliphatic carbocycles. The summed E-state index contributed by atoms with van der Waals surface area (Å²) in [4.78, 5) is 27.4. The van der Waals surface area contributed by atoms with Crippen LogP contribution in [0.1, 0.15) is 61.0 Å². The molecule has 2 amide bonds. The van der Waals surface area contributed by atoms with Crippen LogP contribution in [0.15, 0.2) is 48.5 Å². The molecule has 1 saturated heterocycles. The minimum absolute atomic E-state index is 0.00965. The van der Waals surface area contributed by atoms with Crippen LogP contribution in [-0.2, 0) is 11.2 Å². The molecule has 3 rings (SSSR count). The first kappa shape index (κ1) is 22.9. The molecule has 0 aromatic heterocycles. The molecule has 0 spiro atoms. The van der Waals surface area contributed by atoms with Crippen molar-refractivity contribution < 1.29 is 9.59 Å². The third-order valence-electron chi connectivity index (χ3n) is 5.55. The lowest BCUT2D eigenvalue weighted by Crippen LogP contribution is -2.37. The molecule has 2 N–H and O–H groups in total. The summed E-state index contributed by atoms with van der Waals surface area (Å²) < 4.78 is 0. The van der Waals surface area contributed by atoms with Gasteiger partial charge in [0.1, 0.15) is 0 Å². The third-order valence-corrected chi connectivity index (χ3v) is 5.76. The topological polar surface area (TPSA) is 61.4 Å². The minimum Gasteiger partial charge on any atom is -0.339 e. The minimum atomic E-state index is -0.339. The molecule has 1 fully saturated rings. The fourth-order valence-electron chi connectivity index (χ4n) is 3.81. The first-order chi connectivity index (χ1) is 14.8. The first-order valence-corrected chi connectivity index (χ1v) is 11.3. The van der Waals surface area contributed by atoms with E-state index in [2.05, 4.69) is 36.6 Å². The maximum Gasteiger partial charge on any atom is 0.255 e. The van der Waals surface area contributed by atoms with Crippen LogP contribution in [-0.4, -0.2) is 34.9 Å². The van der Waals surface area contributed by atoms with Crippen LogP contribution in [0.5, 0.6) is 0 Å². The highest BCUT2D eigenvalue weighted by Gasteiger charge is 2.22. The number of hydrogen-bond donors (Lipinski definition) is 2. The van der Waals surface area contributed by atoms with Gasteiger partial charge in [0, 0.05) is 13.1 Å². The summed E-state index contributed by atoms with van der Waals surface area (Å²) in [5.41, 5.74) is 3.38. The summed E-state index contributed by atoms with van der Waals surface area (Å²) in [5.74, 6) is 0.0617. The highest BCUT2D eigenvalue weighted by molar-refractivity contribution is 7.80. The zero-order valence-corrected chi connectivity index (χ0v) is 19.3. The van der Waals surface area contributed by atoms with Gasteiger partial charge >= 0.3 is 0 Å². The maximum atomic E-state index is 12.8.